The molecule has 4 nitrogen and oxygen atoms in total. The van der Waals surface area contributed by atoms with Crippen LogP contribution in [0.4, 0.5) is 0 Å². The number of nitrogens with zero attached hydrogens (tertiary/aromatic N) is 1. The molecule has 1 aliphatic heterocycles. The number of hydrogen-bond acceptors (Lipinski definition) is 3. The van der Waals surface area contributed by atoms with Crippen LogP contribution >= 0.6 is 0 Å². The van der Waals surface area contributed by atoms with Gasteiger partial charge in [-0.3, -0.25) is 9.69 Å². The zero-order valence-corrected chi connectivity index (χ0v) is 13.3. The Hall–Kier alpha value is -2.17. The first kappa shape index (κ1) is 15.7. The van der Waals surface area contributed by atoms with Gasteiger partial charge in [-0.15, -0.1) is 0 Å². The van der Waals surface area contributed by atoms with Gasteiger partial charge in [0.15, 0.2) is 0 Å². The molecular formula is C19H22N2O2. The molecule has 0 aromatic heterocycles. The van der Waals surface area contributed by atoms with Crippen LogP contribution in [0.3, 0.4) is 0 Å². The Balaban J connectivity index is 1.72. The zero-order chi connectivity index (χ0) is 16.2. The molecule has 0 aliphatic carbocycles. The molecule has 1 saturated heterocycles. The molecule has 0 saturated carbocycles. The van der Waals surface area contributed by atoms with Crippen molar-refractivity contribution in [1.29, 1.82) is 0 Å². The average molecular weight is 310 g/mol. The molecule has 2 aromatic carbocycles. The van der Waals surface area contributed by atoms with E-state index in [-0.39, 0.29) is 18.1 Å². The minimum absolute atomic E-state index is 0.0797. The standard InChI is InChI=1S/C19H22N2O2/c1-23-17-11-18(19(20)22)21(13-17)12-14-7-9-16(10-8-14)15-5-3-2-4-6-15/h2-10,17-18H,11-13H2,1H3,(H2,20,22)/t17-,18-/m0/s1. The van der Waals surface area contributed by atoms with Crippen molar-refractivity contribution in [2.24, 2.45) is 5.73 Å². The Morgan fingerprint density at radius 2 is 1.78 bits per heavy atom. The number of carbonyl (C=O) groups excluding carboxylic acids is 1. The summed E-state index contributed by atoms with van der Waals surface area (Å²) in [6.07, 6.45) is 0.754. The fraction of sp³-hybridized carbons (Fsp3) is 0.316. The Labute approximate surface area is 136 Å². The van der Waals surface area contributed by atoms with E-state index in [0.29, 0.717) is 13.0 Å². The minimum atomic E-state index is -0.273. The fourth-order valence-corrected chi connectivity index (χ4v) is 3.17. The smallest absolute Gasteiger partial charge is 0.234 e. The van der Waals surface area contributed by atoms with Gasteiger partial charge < -0.3 is 10.5 Å². The molecule has 0 spiro atoms. The average Bonchev–Trinajstić information content (AvgIpc) is 3.00. The Bertz CT molecular complexity index is 655. The van der Waals surface area contributed by atoms with Gasteiger partial charge in [0.1, 0.15) is 0 Å². The van der Waals surface area contributed by atoms with E-state index in [4.69, 9.17) is 10.5 Å². The van der Waals surface area contributed by atoms with Crippen molar-refractivity contribution in [3.8, 4) is 11.1 Å². The summed E-state index contributed by atoms with van der Waals surface area (Å²) < 4.78 is 5.39. The van der Waals surface area contributed by atoms with Crippen molar-refractivity contribution in [3.63, 3.8) is 0 Å². The number of nitrogens with two attached hydrogens (primary N) is 1. The lowest BCUT2D eigenvalue weighted by atomic mass is 10.0. The first-order chi connectivity index (χ1) is 11.2. The molecule has 2 N–H and O–H groups in total. The molecule has 2 atom stereocenters. The van der Waals surface area contributed by atoms with Crippen LogP contribution in [-0.2, 0) is 16.1 Å². The van der Waals surface area contributed by atoms with E-state index in [1.165, 1.54) is 16.7 Å². The van der Waals surface area contributed by atoms with E-state index in [0.717, 1.165) is 6.54 Å². The summed E-state index contributed by atoms with van der Waals surface area (Å²) in [5.41, 5.74) is 9.09. The number of carbonyl (C=O) groups is 1. The normalized spacial score (nSPS) is 21.4. The largest absolute Gasteiger partial charge is 0.380 e. The molecule has 1 aliphatic rings. The molecule has 120 valence electrons. The SMILES string of the molecule is CO[C@H]1C[C@@H](C(N)=O)N(Cc2ccc(-c3ccccc3)cc2)C1. The highest BCUT2D eigenvalue weighted by molar-refractivity contribution is 5.80. The van der Waals surface area contributed by atoms with Gasteiger partial charge in [0.05, 0.1) is 12.1 Å². The number of hydrogen-bond donors (Lipinski definition) is 1. The van der Waals surface area contributed by atoms with E-state index in [1.54, 1.807) is 7.11 Å². The van der Waals surface area contributed by atoms with Crippen LogP contribution in [0.1, 0.15) is 12.0 Å². The number of benzene rings is 2. The second kappa shape index (κ2) is 6.94. The summed E-state index contributed by atoms with van der Waals surface area (Å²) in [6.45, 7) is 1.45. The first-order valence-corrected chi connectivity index (χ1v) is 7.88. The van der Waals surface area contributed by atoms with Crippen LogP contribution in [0.25, 0.3) is 11.1 Å². The van der Waals surface area contributed by atoms with Gasteiger partial charge in [0.2, 0.25) is 5.91 Å². The van der Waals surface area contributed by atoms with Gasteiger partial charge in [-0.2, -0.15) is 0 Å². The van der Waals surface area contributed by atoms with Crippen LogP contribution in [0.2, 0.25) is 0 Å². The summed E-state index contributed by atoms with van der Waals surface area (Å²) in [5.74, 6) is -0.273. The van der Waals surface area contributed by atoms with E-state index >= 15 is 0 Å². The van der Waals surface area contributed by atoms with Crippen molar-refractivity contribution < 1.29 is 9.53 Å². The predicted molar refractivity (Wildman–Crippen MR) is 90.7 cm³/mol. The molecule has 23 heavy (non-hydrogen) atoms. The summed E-state index contributed by atoms with van der Waals surface area (Å²) in [6, 6.07) is 18.5. The van der Waals surface area contributed by atoms with Crippen molar-refractivity contribution in [2.75, 3.05) is 13.7 Å². The number of rotatable bonds is 5. The fourth-order valence-electron chi connectivity index (χ4n) is 3.17. The summed E-state index contributed by atoms with van der Waals surface area (Å²) in [4.78, 5) is 13.7. The number of amides is 1. The van der Waals surface area contributed by atoms with Gasteiger partial charge in [-0.1, -0.05) is 54.6 Å². The quantitative estimate of drug-likeness (QED) is 0.923. The Kier molecular flexibility index (Phi) is 4.74. The lowest BCUT2D eigenvalue weighted by Gasteiger charge is -2.21. The zero-order valence-electron chi connectivity index (χ0n) is 13.3. The molecule has 2 aromatic rings. The first-order valence-electron chi connectivity index (χ1n) is 7.88. The minimum Gasteiger partial charge on any atom is -0.380 e. The maximum Gasteiger partial charge on any atom is 0.234 e. The van der Waals surface area contributed by atoms with Crippen molar-refractivity contribution in [3.05, 3.63) is 60.2 Å². The highest BCUT2D eigenvalue weighted by Crippen LogP contribution is 2.24. The van der Waals surface area contributed by atoms with Gasteiger partial charge >= 0.3 is 0 Å². The van der Waals surface area contributed by atoms with Crippen molar-refractivity contribution >= 4 is 5.91 Å². The lowest BCUT2D eigenvalue weighted by Crippen LogP contribution is -2.39. The summed E-state index contributed by atoms with van der Waals surface area (Å²) >= 11 is 0. The van der Waals surface area contributed by atoms with Crippen LogP contribution in [-0.4, -0.2) is 36.6 Å². The molecule has 1 heterocycles. The molecule has 3 rings (SSSR count). The molecule has 4 heteroatoms. The van der Waals surface area contributed by atoms with Crippen molar-refractivity contribution in [2.45, 2.75) is 25.1 Å². The van der Waals surface area contributed by atoms with E-state index in [9.17, 15) is 4.79 Å². The number of likely N-dealkylation sites (tertiary alicyclic amines) is 1. The summed E-state index contributed by atoms with van der Waals surface area (Å²) in [7, 11) is 1.68. The third-order valence-corrected chi connectivity index (χ3v) is 4.47. The maximum absolute atomic E-state index is 11.6. The second-order valence-electron chi connectivity index (χ2n) is 6.00. The van der Waals surface area contributed by atoms with Crippen LogP contribution in [0.5, 0.6) is 0 Å². The van der Waals surface area contributed by atoms with Crippen LogP contribution < -0.4 is 5.73 Å². The Morgan fingerprint density at radius 3 is 2.39 bits per heavy atom. The topological polar surface area (TPSA) is 55.6 Å². The second-order valence-corrected chi connectivity index (χ2v) is 6.00. The lowest BCUT2D eigenvalue weighted by molar-refractivity contribution is -0.122. The molecule has 0 bridgehead atoms. The maximum atomic E-state index is 11.6. The van der Waals surface area contributed by atoms with Crippen LogP contribution in [0.15, 0.2) is 54.6 Å². The summed E-state index contributed by atoms with van der Waals surface area (Å²) in [5, 5.41) is 0. The van der Waals surface area contributed by atoms with E-state index in [2.05, 4.69) is 41.3 Å². The van der Waals surface area contributed by atoms with Crippen LogP contribution in [0, 0.1) is 0 Å². The molecular weight excluding hydrogens is 288 g/mol. The third kappa shape index (κ3) is 3.60. The molecule has 1 amide bonds. The van der Waals surface area contributed by atoms with Gasteiger partial charge in [0.25, 0.3) is 0 Å². The monoisotopic (exact) mass is 310 g/mol. The molecule has 1 fully saturated rings. The van der Waals surface area contributed by atoms with Crippen molar-refractivity contribution in [1.82, 2.24) is 4.90 Å². The highest BCUT2D eigenvalue weighted by atomic mass is 16.5. The Morgan fingerprint density at radius 1 is 1.13 bits per heavy atom. The van der Waals surface area contributed by atoms with Gasteiger partial charge in [0, 0.05) is 20.2 Å². The molecule has 0 unspecified atom stereocenters. The highest BCUT2D eigenvalue weighted by Gasteiger charge is 2.35. The van der Waals surface area contributed by atoms with E-state index in [1.807, 2.05) is 18.2 Å². The third-order valence-electron chi connectivity index (χ3n) is 4.47. The number of methoxy groups -OCH3 is 1. The number of ether oxygens (including phenoxy) is 1. The number of primary amides is 1. The molecule has 0 radical (unpaired) electrons. The van der Waals surface area contributed by atoms with Gasteiger partial charge in [-0.25, -0.2) is 0 Å². The predicted octanol–water partition coefficient (Wildman–Crippen LogP) is 2.43. The van der Waals surface area contributed by atoms with Gasteiger partial charge in [-0.05, 0) is 23.1 Å². The van der Waals surface area contributed by atoms with E-state index < -0.39 is 0 Å².